The number of nitrogens with zero attached hydrogens (tertiary/aromatic N) is 8. The second-order valence-corrected chi connectivity index (χ2v) is 21.7. The lowest BCUT2D eigenvalue weighted by Gasteiger charge is -2.33. The standard InChI is InChI=1S/C22H29N3OS.C20H27N3S.C20H26N3S.CH4.3ClH/c1-6-23(7-2)17-10-12-19-21(14-17)27-22-15-18(24(8-3)9-4)11-13-20(22)25(19)16(5)26;2*1-5-22(6-2)15-9-11-17-19(13-15)24-20-14-16(23(7-3)8-4)10-12-18(20)21-17;;;;/h10-15H,6-9H2,1-5H3;9-14,21H,5-8H2,1-4H3;9-14H,5-8H2,1-4H3;1H4;3*1H/q;;+1;;;;/p-1. The second kappa shape index (κ2) is 32.4. The van der Waals surface area contributed by atoms with Crippen molar-refractivity contribution in [3.8, 4) is 10.6 Å². The van der Waals surface area contributed by atoms with Crippen molar-refractivity contribution in [1.29, 1.82) is 0 Å². The normalized spacial score (nSPS) is 11.3. The second-order valence-electron chi connectivity index (χ2n) is 18.4. The van der Waals surface area contributed by atoms with Gasteiger partial charge in [0.05, 0.1) is 43.5 Å². The summed E-state index contributed by atoms with van der Waals surface area (Å²) in [5, 5.41) is 4.87. The smallest absolute Gasteiger partial charge is 0.228 e. The largest absolute Gasteiger partial charge is 1.00 e. The van der Waals surface area contributed by atoms with Crippen LogP contribution in [0.1, 0.15) is 97.4 Å². The number of anilines is 9. The summed E-state index contributed by atoms with van der Waals surface area (Å²) in [5.74, 6) is 0.0454. The number of nitrogens with one attached hydrogen (secondary N) is 1. The predicted octanol–water partition coefficient (Wildman–Crippen LogP) is 13.7. The van der Waals surface area contributed by atoms with Gasteiger partial charge < -0.3 is 42.2 Å². The summed E-state index contributed by atoms with van der Waals surface area (Å²) >= 11 is 5.47. The Labute approximate surface area is 505 Å². The number of hydrogen-bond donors (Lipinski definition) is 1. The molecule has 0 fully saturated rings. The van der Waals surface area contributed by atoms with E-state index >= 15 is 0 Å². The molecule has 16 heteroatoms. The third-order valence-corrected chi connectivity index (χ3v) is 17.7. The van der Waals surface area contributed by atoms with Gasteiger partial charge in [0.15, 0.2) is 0 Å². The molecule has 10 nitrogen and oxygen atoms in total. The molecule has 9 rings (SSSR count). The number of hydrogen-bond acceptors (Lipinski definition) is 11. The molecule has 79 heavy (non-hydrogen) atoms. The molecule has 0 saturated carbocycles. The lowest BCUT2D eigenvalue weighted by Crippen LogP contribution is -3.00. The van der Waals surface area contributed by atoms with Crippen LogP contribution in [0.3, 0.4) is 0 Å². The first-order valence-corrected chi connectivity index (χ1v) is 30.0. The van der Waals surface area contributed by atoms with Crippen LogP contribution in [0.5, 0.6) is 0 Å². The SMILES string of the molecule is C.CCN(CC)c1ccc2c(c1)Sc1cc(N(CC)CC)ccc1N2.CCN(CC)c1ccc2c(c1)Sc1cc(N(CC)CC)ccc1N2C(C)=O.CCN(CC)c1ccc2nc3ccc(=[N+](CC)CC)cc-3sc2c1.Cl.Cl.[Cl-]. The van der Waals surface area contributed by atoms with Crippen LogP contribution in [-0.4, -0.2) is 89.4 Å². The predicted molar refractivity (Wildman–Crippen MR) is 352 cm³/mol. The van der Waals surface area contributed by atoms with Gasteiger partial charge in [0.1, 0.15) is 13.1 Å². The fourth-order valence-corrected chi connectivity index (χ4v) is 13.3. The van der Waals surface area contributed by atoms with Gasteiger partial charge in [-0.3, -0.25) is 9.69 Å². The molecular weight excluding hydrogens is 1100 g/mol. The van der Waals surface area contributed by atoms with Crippen LogP contribution in [0.4, 0.5) is 51.2 Å². The number of benzene rings is 6. The van der Waals surface area contributed by atoms with Gasteiger partial charge in [0, 0.05) is 133 Å². The first-order chi connectivity index (χ1) is 36.4. The maximum atomic E-state index is 12.5. The molecule has 3 heterocycles. The number of aromatic nitrogens is 1. The van der Waals surface area contributed by atoms with Crippen LogP contribution < -0.4 is 57.1 Å². The Balaban J connectivity index is 0.000000304. The van der Waals surface area contributed by atoms with Crippen LogP contribution in [0.15, 0.2) is 129 Å². The molecule has 1 aliphatic carbocycles. The van der Waals surface area contributed by atoms with E-state index in [0.717, 1.165) is 111 Å². The molecule has 0 saturated heterocycles. The Morgan fingerprint density at radius 1 is 0.494 bits per heavy atom. The summed E-state index contributed by atoms with van der Waals surface area (Å²) in [6, 6.07) is 39.5. The highest BCUT2D eigenvalue weighted by Crippen LogP contribution is 2.51. The molecule has 5 aromatic carbocycles. The topological polar surface area (TPSA) is 64.4 Å². The minimum absolute atomic E-state index is 0. The molecule has 0 unspecified atom stereocenters. The molecular formula is C63H88Cl3N9OS3. The van der Waals surface area contributed by atoms with Crippen molar-refractivity contribution in [2.45, 2.75) is 117 Å². The lowest BCUT2D eigenvalue weighted by molar-refractivity contribution is -0.115. The van der Waals surface area contributed by atoms with Crippen LogP contribution in [0.25, 0.3) is 20.8 Å². The first-order valence-electron chi connectivity index (χ1n) is 27.6. The highest BCUT2D eigenvalue weighted by atomic mass is 35.5. The molecule has 0 bridgehead atoms. The van der Waals surface area contributed by atoms with Gasteiger partial charge in [-0.05, 0) is 180 Å². The van der Waals surface area contributed by atoms with E-state index in [4.69, 9.17) is 4.98 Å². The fraction of sp³-hybridized carbons (Fsp3) is 0.413. The van der Waals surface area contributed by atoms with Crippen molar-refractivity contribution < 1.29 is 17.2 Å². The van der Waals surface area contributed by atoms with Crippen molar-refractivity contribution in [1.82, 2.24) is 9.56 Å². The zero-order chi connectivity index (χ0) is 53.8. The van der Waals surface area contributed by atoms with Crippen molar-refractivity contribution in [3.63, 3.8) is 0 Å². The molecule has 0 aromatic heterocycles. The summed E-state index contributed by atoms with van der Waals surface area (Å²) in [6.45, 7) is 40.1. The Morgan fingerprint density at radius 3 is 1.25 bits per heavy atom. The van der Waals surface area contributed by atoms with Gasteiger partial charge in [-0.15, -0.1) is 36.2 Å². The molecule has 0 atom stereocenters. The van der Waals surface area contributed by atoms with Gasteiger partial charge >= 0.3 is 0 Å². The van der Waals surface area contributed by atoms with E-state index in [1.165, 1.54) is 64.5 Å². The molecule has 0 spiro atoms. The van der Waals surface area contributed by atoms with Gasteiger partial charge in [-0.1, -0.05) is 31.0 Å². The van der Waals surface area contributed by atoms with E-state index < -0.39 is 0 Å². The van der Waals surface area contributed by atoms with Gasteiger partial charge in [0.2, 0.25) is 11.3 Å². The number of carbonyl (C=O) groups is 1. The molecule has 5 aromatic rings. The zero-order valence-corrected chi connectivity index (χ0v) is 53.1. The van der Waals surface area contributed by atoms with E-state index in [9.17, 15) is 4.79 Å². The quantitative estimate of drug-likeness (QED) is 0.0705. The van der Waals surface area contributed by atoms with E-state index in [0.29, 0.717) is 0 Å². The summed E-state index contributed by atoms with van der Waals surface area (Å²) in [5.41, 5.74) is 12.8. The van der Waals surface area contributed by atoms with Crippen LogP contribution in [0, 0.1) is 0 Å². The highest BCUT2D eigenvalue weighted by molar-refractivity contribution is 8.00. The molecule has 1 amide bonds. The average molecular weight is 1190 g/mol. The van der Waals surface area contributed by atoms with E-state index in [-0.39, 0.29) is 50.6 Å². The van der Waals surface area contributed by atoms with Crippen LogP contribution >= 0.6 is 59.7 Å². The van der Waals surface area contributed by atoms with Gasteiger partial charge in [0.25, 0.3) is 0 Å². The van der Waals surface area contributed by atoms with Crippen molar-refractivity contribution in [2.24, 2.45) is 0 Å². The van der Waals surface area contributed by atoms with E-state index in [2.05, 4.69) is 227 Å². The van der Waals surface area contributed by atoms with E-state index in [1.54, 1.807) is 18.7 Å². The molecule has 0 radical (unpaired) electrons. The Morgan fingerprint density at radius 2 is 0.861 bits per heavy atom. The summed E-state index contributed by atoms with van der Waals surface area (Å²) in [4.78, 5) is 37.2. The van der Waals surface area contributed by atoms with Crippen molar-refractivity contribution in [3.05, 3.63) is 115 Å². The molecule has 4 aliphatic rings. The van der Waals surface area contributed by atoms with Crippen LogP contribution in [0.2, 0.25) is 0 Å². The lowest BCUT2D eigenvalue weighted by atomic mass is 10.1. The van der Waals surface area contributed by atoms with Gasteiger partial charge in [-0.2, -0.15) is 0 Å². The Bertz CT molecular complexity index is 2950. The molecule has 3 aliphatic heterocycles. The first kappa shape index (κ1) is 68.3. The molecule has 430 valence electrons. The number of fused-ring (bicyclic) bond motifs is 6. The number of carbonyl (C=O) groups excluding carboxylic acids is 1. The third-order valence-electron chi connectivity index (χ3n) is 14.4. The summed E-state index contributed by atoms with van der Waals surface area (Å²) < 4.78 is 3.63. The zero-order valence-electron chi connectivity index (χ0n) is 48.3. The van der Waals surface area contributed by atoms with Crippen molar-refractivity contribution >= 4 is 127 Å². The minimum atomic E-state index is 0. The monoisotopic (exact) mass is 1190 g/mol. The molecule has 1 N–H and O–H groups in total. The van der Waals surface area contributed by atoms with Crippen LogP contribution in [-0.2, 0) is 4.79 Å². The van der Waals surface area contributed by atoms with Crippen molar-refractivity contribution in [2.75, 3.05) is 113 Å². The number of rotatable bonds is 17. The number of halogens is 3. The Hall–Kier alpha value is -5.02. The minimum Gasteiger partial charge on any atom is -1.00 e. The Kier molecular flexibility index (Phi) is 28.0. The number of amides is 1. The maximum absolute atomic E-state index is 12.5. The summed E-state index contributed by atoms with van der Waals surface area (Å²) in [6.07, 6.45) is 0. The fourth-order valence-electron chi connectivity index (χ4n) is 10.1. The van der Waals surface area contributed by atoms with E-state index in [1.807, 2.05) is 28.0 Å². The van der Waals surface area contributed by atoms with Gasteiger partial charge in [-0.25, -0.2) is 9.56 Å². The third kappa shape index (κ3) is 15.7. The maximum Gasteiger partial charge on any atom is 0.228 e. The highest BCUT2D eigenvalue weighted by Gasteiger charge is 2.28. The summed E-state index contributed by atoms with van der Waals surface area (Å²) in [7, 11) is 0. The average Bonchev–Trinajstić information content (AvgIpc) is 3.48.